The number of hydrogen-bond donors (Lipinski definition) is 2. The Labute approximate surface area is 154 Å². The third kappa shape index (κ3) is 3.92. The van der Waals surface area contributed by atoms with Gasteiger partial charge in [-0.2, -0.15) is 0 Å². The maximum atomic E-state index is 12.4. The van der Waals surface area contributed by atoms with Crippen LogP contribution in [-0.2, 0) is 6.54 Å². The van der Waals surface area contributed by atoms with Crippen LogP contribution in [0.5, 0.6) is 0 Å². The summed E-state index contributed by atoms with van der Waals surface area (Å²) in [6, 6.07) is 12.5. The van der Waals surface area contributed by atoms with Gasteiger partial charge in [-0.15, -0.1) is 5.10 Å². The average molecular weight is 376 g/mol. The lowest BCUT2D eigenvalue weighted by Crippen LogP contribution is -2.16. The topological polar surface area (TPSA) is 85.8 Å². The van der Waals surface area contributed by atoms with Crippen molar-refractivity contribution in [2.75, 3.05) is 11.1 Å². The second kappa shape index (κ2) is 7.13. The number of carbonyl (C=O) groups is 1. The minimum Gasteiger partial charge on any atom is -0.382 e. The van der Waals surface area contributed by atoms with E-state index in [1.807, 2.05) is 25.1 Å². The highest BCUT2D eigenvalue weighted by molar-refractivity contribution is 6.31. The van der Waals surface area contributed by atoms with Crippen molar-refractivity contribution in [3.63, 3.8) is 0 Å². The van der Waals surface area contributed by atoms with Crippen LogP contribution in [0.15, 0.2) is 42.5 Å². The predicted octanol–water partition coefficient (Wildman–Crippen LogP) is 3.78. The third-order valence-electron chi connectivity index (χ3n) is 3.66. The molecule has 0 aliphatic rings. The molecule has 0 spiro atoms. The van der Waals surface area contributed by atoms with Crippen molar-refractivity contribution >= 4 is 40.6 Å². The maximum Gasteiger partial charge on any atom is 0.280 e. The molecule has 0 aliphatic heterocycles. The number of nitrogens with one attached hydrogen (secondary N) is 1. The fourth-order valence-corrected chi connectivity index (χ4v) is 2.70. The molecule has 8 heteroatoms. The van der Waals surface area contributed by atoms with Crippen LogP contribution in [0.3, 0.4) is 0 Å². The van der Waals surface area contributed by atoms with Gasteiger partial charge < -0.3 is 11.1 Å². The fourth-order valence-electron chi connectivity index (χ4n) is 2.32. The molecule has 128 valence electrons. The SMILES string of the molecule is Cc1ccc(Cl)cc1NC(=O)c1nnn(Cc2cccc(Cl)c2)c1N. The van der Waals surface area contributed by atoms with Gasteiger partial charge in [0.1, 0.15) is 0 Å². The van der Waals surface area contributed by atoms with Gasteiger partial charge >= 0.3 is 0 Å². The smallest absolute Gasteiger partial charge is 0.280 e. The van der Waals surface area contributed by atoms with E-state index >= 15 is 0 Å². The van der Waals surface area contributed by atoms with E-state index in [-0.39, 0.29) is 11.5 Å². The molecule has 0 bridgehead atoms. The van der Waals surface area contributed by atoms with Crippen LogP contribution >= 0.6 is 23.2 Å². The first-order valence-electron chi connectivity index (χ1n) is 7.45. The predicted molar refractivity (Wildman–Crippen MR) is 99.1 cm³/mol. The average Bonchev–Trinajstić information content (AvgIpc) is 2.92. The zero-order valence-electron chi connectivity index (χ0n) is 13.3. The highest BCUT2D eigenvalue weighted by Crippen LogP contribution is 2.21. The Morgan fingerprint density at radius 3 is 2.72 bits per heavy atom. The van der Waals surface area contributed by atoms with Crippen LogP contribution in [-0.4, -0.2) is 20.9 Å². The van der Waals surface area contributed by atoms with E-state index in [9.17, 15) is 4.79 Å². The summed E-state index contributed by atoms with van der Waals surface area (Å²) in [5.41, 5.74) is 8.47. The minimum absolute atomic E-state index is 0.0569. The number of amides is 1. The van der Waals surface area contributed by atoms with Gasteiger partial charge in [0.15, 0.2) is 11.5 Å². The van der Waals surface area contributed by atoms with Crippen molar-refractivity contribution < 1.29 is 4.79 Å². The van der Waals surface area contributed by atoms with Crippen molar-refractivity contribution in [3.8, 4) is 0 Å². The number of rotatable bonds is 4. The molecule has 25 heavy (non-hydrogen) atoms. The minimum atomic E-state index is -0.444. The number of aromatic nitrogens is 3. The van der Waals surface area contributed by atoms with Gasteiger partial charge in [0.2, 0.25) is 0 Å². The van der Waals surface area contributed by atoms with Crippen LogP contribution in [0.1, 0.15) is 21.6 Å². The van der Waals surface area contributed by atoms with Gasteiger partial charge in [0, 0.05) is 15.7 Å². The third-order valence-corrected chi connectivity index (χ3v) is 4.13. The number of nitrogen functional groups attached to an aromatic ring is 1. The molecule has 2 aromatic carbocycles. The fraction of sp³-hybridized carbons (Fsp3) is 0.118. The van der Waals surface area contributed by atoms with E-state index in [0.717, 1.165) is 11.1 Å². The van der Waals surface area contributed by atoms with Gasteiger partial charge in [-0.25, -0.2) is 4.68 Å². The first kappa shape index (κ1) is 17.3. The molecular formula is C17H15Cl2N5O. The van der Waals surface area contributed by atoms with Crippen LogP contribution in [0.4, 0.5) is 11.5 Å². The van der Waals surface area contributed by atoms with Gasteiger partial charge in [0.05, 0.1) is 6.54 Å². The zero-order valence-corrected chi connectivity index (χ0v) is 14.8. The Morgan fingerprint density at radius 2 is 1.96 bits per heavy atom. The summed E-state index contributed by atoms with van der Waals surface area (Å²) in [6.07, 6.45) is 0. The summed E-state index contributed by atoms with van der Waals surface area (Å²) < 4.78 is 1.45. The van der Waals surface area contributed by atoms with Crippen molar-refractivity contribution in [2.24, 2.45) is 0 Å². The summed E-state index contributed by atoms with van der Waals surface area (Å²) in [5, 5.41) is 11.7. The van der Waals surface area contributed by atoms with Gasteiger partial charge in [-0.1, -0.05) is 46.6 Å². The van der Waals surface area contributed by atoms with Crippen molar-refractivity contribution in [3.05, 3.63) is 69.3 Å². The van der Waals surface area contributed by atoms with Crippen LogP contribution < -0.4 is 11.1 Å². The highest BCUT2D eigenvalue weighted by Gasteiger charge is 2.18. The molecule has 3 rings (SSSR count). The number of carbonyl (C=O) groups excluding carboxylic acids is 1. The quantitative estimate of drug-likeness (QED) is 0.726. The van der Waals surface area contributed by atoms with E-state index in [2.05, 4.69) is 15.6 Å². The van der Waals surface area contributed by atoms with Crippen LogP contribution in [0.2, 0.25) is 10.0 Å². The molecule has 0 aliphatic carbocycles. The molecule has 3 N–H and O–H groups in total. The number of benzene rings is 2. The molecular weight excluding hydrogens is 361 g/mol. The monoisotopic (exact) mass is 375 g/mol. The van der Waals surface area contributed by atoms with E-state index in [0.29, 0.717) is 22.3 Å². The number of hydrogen-bond acceptors (Lipinski definition) is 4. The lowest BCUT2D eigenvalue weighted by Gasteiger charge is -2.08. The Hall–Kier alpha value is -2.57. The van der Waals surface area contributed by atoms with Gasteiger partial charge in [-0.3, -0.25) is 4.79 Å². The van der Waals surface area contributed by atoms with Crippen molar-refractivity contribution in [1.29, 1.82) is 0 Å². The summed E-state index contributed by atoms with van der Waals surface area (Å²) in [4.78, 5) is 12.4. The molecule has 6 nitrogen and oxygen atoms in total. The standard InChI is InChI=1S/C17H15Cl2N5O/c1-10-5-6-13(19)8-14(10)21-17(25)15-16(20)24(23-22-15)9-11-3-2-4-12(18)7-11/h2-8H,9,20H2,1H3,(H,21,25). The normalized spacial score (nSPS) is 10.7. The molecule has 0 saturated heterocycles. The Morgan fingerprint density at radius 1 is 1.20 bits per heavy atom. The molecule has 1 heterocycles. The second-order valence-electron chi connectivity index (χ2n) is 5.52. The summed E-state index contributed by atoms with van der Waals surface area (Å²) in [6.45, 7) is 2.23. The number of aryl methyl sites for hydroxylation is 1. The highest BCUT2D eigenvalue weighted by atomic mass is 35.5. The molecule has 3 aromatic rings. The molecule has 0 atom stereocenters. The molecule has 1 amide bonds. The second-order valence-corrected chi connectivity index (χ2v) is 6.40. The summed E-state index contributed by atoms with van der Waals surface area (Å²) >= 11 is 11.9. The maximum absolute atomic E-state index is 12.4. The number of anilines is 2. The van der Waals surface area contributed by atoms with Crippen LogP contribution in [0, 0.1) is 6.92 Å². The molecule has 0 fully saturated rings. The number of nitrogens with zero attached hydrogens (tertiary/aromatic N) is 3. The van der Waals surface area contributed by atoms with E-state index in [1.54, 1.807) is 24.3 Å². The Kier molecular flexibility index (Phi) is 4.92. The molecule has 0 radical (unpaired) electrons. The van der Waals surface area contributed by atoms with E-state index in [4.69, 9.17) is 28.9 Å². The lowest BCUT2D eigenvalue weighted by atomic mass is 10.2. The Bertz CT molecular complexity index is 939. The lowest BCUT2D eigenvalue weighted by molar-refractivity contribution is 0.102. The first-order chi connectivity index (χ1) is 11.9. The van der Waals surface area contributed by atoms with Gasteiger partial charge in [-0.05, 0) is 42.3 Å². The zero-order chi connectivity index (χ0) is 18.0. The molecule has 0 unspecified atom stereocenters. The molecule has 1 aromatic heterocycles. The summed E-state index contributed by atoms with van der Waals surface area (Å²) in [7, 11) is 0. The first-order valence-corrected chi connectivity index (χ1v) is 8.20. The van der Waals surface area contributed by atoms with E-state index < -0.39 is 5.91 Å². The van der Waals surface area contributed by atoms with Crippen LogP contribution in [0.25, 0.3) is 0 Å². The van der Waals surface area contributed by atoms with Crippen molar-refractivity contribution in [1.82, 2.24) is 15.0 Å². The van der Waals surface area contributed by atoms with Gasteiger partial charge in [0.25, 0.3) is 5.91 Å². The summed E-state index contributed by atoms with van der Waals surface area (Å²) in [5.74, 6) is -0.266. The number of nitrogens with two attached hydrogens (primary N) is 1. The molecule has 0 saturated carbocycles. The number of halogens is 2. The van der Waals surface area contributed by atoms with Crippen molar-refractivity contribution in [2.45, 2.75) is 13.5 Å². The Balaban J connectivity index is 1.80. The largest absolute Gasteiger partial charge is 0.382 e. The van der Waals surface area contributed by atoms with E-state index in [1.165, 1.54) is 4.68 Å².